The van der Waals surface area contributed by atoms with Crippen molar-refractivity contribution >= 4 is 22.1 Å². The molecule has 0 saturated carbocycles. The van der Waals surface area contributed by atoms with Crippen LogP contribution in [0.5, 0.6) is 0 Å². The summed E-state index contributed by atoms with van der Waals surface area (Å²) >= 11 is 1.61. The molecule has 0 amide bonds. The molecule has 19 heavy (non-hydrogen) atoms. The van der Waals surface area contributed by atoms with E-state index in [9.17, 15) is 4.21 Å². The van der Waals surface area contributed by atoms with Crippen LogP contribution in [-0.2, 0) is 22.3 Å². The number of hydrogen-bond donors (Lipinski definition) is 0. The van der Waals surface area contributed by atoms with Crippen molar-refractivity contribution in [1.82, 2.24) is 4.98 Å². The minimum absolute atomic E-state index is 0.539. The van der Waals surface area contributed by atoms with Crippen LogP contribution in [0.25, 0.3) is 0 Å². The first-order valence-electron chi connectivity index (χ1n) is 6.39. The van der Waals surface area contributed by atoms with Crippen molar-refractivity contribution in [2.24, 2.45) is 0 Å². The second-order valence-corrected chi connectivity index (χ2v) is 7.50. The molecule has 1 aromatic heterocycles. The van der Waals surface area contributed by atoms with E-state index < -0.39 is 10.8 Å². The predicted molar refractivity (Wildman–Crippen MR) is 82.9 cm³/mol. The highest BCUT2D eigenvalue weighted by Crippen LogP contribution is 2.16. The Bertz CT molecular complexity index is 558. The van der Waals surface area contributed by atoms with Crippen LogP contribution in [0.15, 0.2) is 29.6 Å². The van der Waals surface area contributed by atoms with Crippen LogP contribution in [0.1, 0.15) is 41.6 Å². The van der Waals surface area contributed by atoms with Crippen molar-refractivity contribution in [3.05, 3.63) is 51.5 Å². The Kier molecular flexibility index (Phi) is 4.88. The van der Waals surface area contributed by atoms with Gasteiger partial charge in [0.2, 0.25) is 0 Å². The molecule has 0 aliphatic heterocycles. The van der Waals surface area contributed by atoms with Gasteiger partial charge in [0.15, 0.2) is 0 Å². The number of rotatable bonds is 5. The first-order chi connectivity index (χ1) is 9.04. The molecular weight excluding hydrogens is 274 g/mol. The standard InChI is InChI=1S/C15H19NOS2/c1-11(2)14-6-4-13(5-7-14)9-19(17)10-15-8-18-12(3)16-15/h4-8,11H,9-10H2,1-3H3/t19-/m0/s1. The third kappa shape index (κ3) is 4.25. The first-order valence-corrected chi connectivity index (χ1v) is 8.76. The van der Waals surface area contributed by atoms with Crippen molar-refractivity contribution < 1.29 is 4.21 Å². The molecule has 0 unspecified atom stereocenters. The normalized spacial score (nSPS) is 12.8. The highest BCUT2D eigenvalue weighted by Gasteiger charge is 2.07. The topological polar surface area (TPSA) is 30.0 Å². The molecule has 2 nitrogen and oxygen atoms in total. The van der Waals surface area contributed by atoms with Crippen LogP contribution < -0.4 is 0 Å². The van der Waals surface area contributed by atoms with E-state index in [1.54, 1.807) is 11.3 Å². The highest BCUT2D eigenvalue weighted by molar-refractivity contribution is 7.83. The summed E-state index contributed by atoms with van der Waals surface area (Å²) in [5, 5.41) is 3.03. The monoisotopic (exact) mass is 293 g/mol. The second-order valence-electron chi connectivity index (χ2n) is 4.98. The van der Waals surface area contributed by atoms with E-state index >= 15 is 0 Å². The molecule has 2 rings (SSSR count). The largest absolute Gasteiger partial charge is 0.259 e. The van der Waals surface area contributed by atoms with Gasteiger partial charge < -0.3 is 0 Å². The lowest BCUT2D eigenvalue weighted by atomic mass is 10.0. The van der Waals surface area contributed by atoms with E-state index in [2.05, 4.69) is 43.1 Å². The van der Waals surface area contributed by atoms with Gasteiger partial charge in [0.05, 0.1) is 16.5 Å². The Morgan fingerprint density at radius 2 is 1.89 bits per heavy atom. The fourth-order valence-electron chi connectivity index (χ4n) is 1.88. The molecule has 2 aromatic rings. The molecule has 0 N–H and O–H groups in total. The molecule has 0 radical (unpaired) electrons. The molecule has 0 fully saturated rings. The molecule has 0 spiro atoms. The molecule has 0 aliphatic carbocycles. The third-order valence-electron chi connectivity index (χ3n) is 2.95. The molecule has 1 atom stereocenters. The Morgan fingerprint density at radius 3 is 2.42 bits per heavy atom. The number of nitrogens with zero attached hydrogens (tertiary/aromatic N) is 1. The fraction of sp³-hybridized carbons (Fsp3) is 0.400. The number of benzene rings is 1. The highest BCUT2D eigenvalue weighted by atomic mass is 32.2. The van der Waals surface area contributed by atoms with Gasteiger partial charge in [-0.15, -0.1) is 11.3 Å². The third-order valence-corrected chi connectivity index (χ3v) is 5.04. The Morgan fingerprint density at radius 1 is 1.21 bits per heavy atom. The van der Waals surface area contributed by atoms with Gasteiger partial charge >= 0.3 is 0 Å². The van der Waals surface area contributed by atoms with E-state index in [-0.39, 0.29) is 0 Å². The van der Waals surface area contributed by atoms with Gasteiger partial charge in [0, 0.05) is 21.9 Å². The Hall–Kier alpha value is -1.00. The molecule has 0 saturated heterocycles. The summed E-state index contributed by atoms with van der Waals surface area (Å²) in [7, 11) is -0.882. The first kappa shape index (κ1) is 14.4. The van der Waals surface area contributed by atoms with E-state index in [1.807, 2.05) is 12.3 Å². The molecule has 102 valence electrons. The zero-order valence-corrected chi connectivity index (χ0v) is 13.2. The molecule has 0 aliphatic rings. The minimum Gasteiger partial charge on any atom is -0.259 e. The lowest BCUT2D eigenvalue weighted by Gasteiger charge is -2.06. The van der Waals surface area contributed by atoms with Gasteiger partial charge in [-0.1, -0.05) is 38.1 Å². The van der Waals surface area contributed by atoms with Crippen molar-refractivity contribution in [2.75, 3.05) is 0 Å². The molecular formula is C15H19NOS2. The van der Waals surface area contributed by atoms with Gasteiger partial charge in [0.1, 0.15) is 0 Å². The molecule has 0 bridgehead atoms. The SMILES string of the molecule is Cc1nc(C[S@@](=O)Cc2ccc(C(C)C)cc2)cs1. The van der Waals surface area contributed by atoms with Gasteiger partial charge in [-0.05, 0) is 24.0 Å². The minimum atomic E-state index is -0.882. The van der Waals surface area contributed by atoms with Gasteiger partial charge in [-0.2, -0.15) is 0 Å². The van der Waals surface area contributed by atoms with Gasteiger partial charge in [-0.3, -0.25) is 4.21 Å². The maximum absolute atomic E-state index is 12.1. The van der Waals surface area contributed by atoms with Crippen molar-refractivity contribution in [3.8, 4) is 0 Å². The van der Waals surface area contributed by atoms with Gasteiger partial charge in [0.25, 0.3) is 0 Å². The second kappa shape index (κ2) is 6.44. The summed E-state index contributed by atoms with van der Waals surface area (Å²) in [6.45, 7) is 6.33. The quantitative estimate of drug-likeness (QED) is 0.833. The summed E-state index contributed by atoms with van der Waals surface area (Å²) in [6, 6.07) is 8.42. The number of aryl methyl sites for hydroxylation is 1. The lowest BCUT2D eigenvalue weighted by molar-refractivity contribution is 0.681. The summed E-state index contributed by atoms with van der Waals surface area (Å²) in [5.41, 5.74) is 3.40. The lowest BCUT2D eigenvalue weighted by Crippen LogP contribution is -2.00. The van der Waals surface area contributed by atoms with Crippen molar-refractivity contribution in [3.63, 3.8) is 0 Å². The van der Waals surface area contributed by atoms with E-state index in [0.29, 0.717) is 17.4 Å². The van der Waals surface area contributed by atoms with Crippen molar-refractivity contribution in [2.45, 2.75) is 38.2 Å². The fourth-order valence-corrected chi connectivity index (χ4v) is 3.74. The summed E-state index contributed by atoms with van der Waals surface area (Å²) < 4.78 is 12.1. The van der Waals surface area contributed by atoms with Crippen LogP contribution in [0.4, 0.5) is 0 Å². The van der Waals surface area contributed by atoms with Crippen LogP contribution in [-0.4, -0.2) is 9.19 Å². The van der Waals surface area contributed by atoms with Crippen LogP contribution in [0.3, 0.4) is 0 Å². The van der Waals surface area contributed by atoms with E-state index in [4.69, 9.17) is 0 Å². The molecule has 1 aromatic carbocycles. The van der Waals surface area contributed by atoms with Crippen LogP contribution in [0.2, 0.25) is 0 Å². The van der Waals surface area contributed by atoms with Crippen LogP contribution >= 0.6 is 11.3 Å². The smallest absolute Gasteiger partial charge is 0.0897 e. The predicted octanol–water partition coefficient (Wildman–Crippen LogP) is 4.02. The van der Waals surface area contributed by atoms with Crippen molar-refractivity contribution in [1.29, 1.82) is 0 Å². The summed E-state index contributed by atoms with van der Waals surface area (Å²) in [4.78, 5) is 4.36. The summed E-state index contributed by atoms with van der Waals surface area (Å²) in [6.07, 6.45) is 0. The van der Waals surface area contributed by atoms with Gasteiger partial charge in [-0.25, -0.2) is 4.98 Å². The number of aromatic nitrogens is 1. The average molecular weight is 293 g/mol. The Balaban J connectivity index is 1.95. The maximum Gasteiger partial charge on any atom is 0.0897 e. The zero-order chi connectivity index (χ0) is 13.8. The Labute approximate surface area is 121 Å². The number of hydrogen-bond acceptors (Lipinski definition) is 3. The maximum atomic E-state index is 12.1. The van der Waals surface area contributed by atoms with E-state index in [1.165, 1.54) is 5.56 Å². The zero-order valence-electron chi connectivity index (χ0n) is 11.6. The summed E-state index contributed by atoms with van der Waals surface area (Å²) in [5.74, 6) is 1.70. The van der Waals surface area contributed by atoms with Crippen LogP contribution in [0, 0.1) is 6.92 Å². The number of thiazole rings is 1. The molecule has 4 heteroatoms. The molecule has 1 heterocycles. The van der Waals surface area contributed by atoms with E-state index in [0.717, 1.165) is 16.3 Å². The average Bonchev–Trinajstić information content (AvgIpc) is 2.75.